The molecule has 0 bridgehead atoms. The lowest BCUT2D eigenvalue weighted by Gasteiger charge is -2.26. The van der Waals surface area contributed by atoms with Crippen molar-refractivity contribution in [2.45, 2.75) is 57.5 Å². The molecule has 0 spiro atoms. The number of nitrogens with zero attached hydrogens (tertiary/aromatic N) is 3. The van der Waals surface area contributed by atoms with Crippen LogP contribution in [0.4, 0.5) is 10.1 Å². The Hall–Kier alpha value is -3.15. The van der Waals surface area contributed by atoms with Crippen LogP contribution in [0.5, 0.6) is 0 Å². The number of hydrogen-bond acceptors (Lipinski definition) is 7. The highest BCUT2D eigenvalue weighted by Gasteiger charge is 2.24. The lowest BCUT2D eigenvalue weighted by atomic mass is 9.86. The second-order valence-corrected chi connectivity index (χ2v) is 11.6. The van der Waals surface area contributed by atoms with Crippen LogP contribution in [-0.4, -0.2) is 38.1 Å². The molecule has 2 aromatic carbocycles. The van der Waals surface area contributed by atoms with Gasteiger partial charge in [0.1, 0.15) is 17.9 Å². The zero-order chi connectivity index (χ0) is 28.0. The maximum absolute atomic E-state index is 15.4. The molecule has 0 aliphatic heterocycles. The Morgan fingerprint density at radius 2 is 1.89 bits per heavy atom. The Kier molecular flexibility index (Phi) is 10.1. The first-order chi connectivity index (χ1) is 17.2. The monoisotopic (exact) mass is 524 g/mol. The Balaban J connectivity index is 2.47. The summed E-state index contributed by atoms with van der Waals surface area (Å²) in [6.07, 6.45) is 0.680. The van der Waals surface area contributed by atoms with Crippen molar-refractivity contribution in [2.75, 3.05) is 24.7 Å². The number of carbonyl (C=O) groups is 1. The molecule has 0 fully saturated rings. The fourth-order valence-corrected chi connectivity index (χ4v) is 4.29. The van der Waals surface area contributed by atoms with Gasteiger partial charge in [0.25, 0.3) is 0 Å². The van der Waals surface area contributed by atoms with Gasteiger partial charge in [-0.15, -0.1) is 11.8 Å². The highest BCUT2D eigenvalue weighted by atomic mass is 32.2. The van der Waals surface area contributed by atoms with Crippen molar-refractivity contribution >= 4 is 29.6 Å². The van der Waals surface area contributed by atoms with Crippen molar-refractivity contribution in [3.63, 3.8) is 0 Å². The minimum atomic E-state index is -0.659. The van der Waals surface area contributed by atoms with Gasteiger partial charge in [-0.2, -0.15) is 5.26 Å². The third-order valence-electron chi connectivity index (χ3n) is 5.93. The van der Waals surface area contributed by atoms with Crippen LogP contribution in [0.2, 0.25) is 0 Å². The normalized spacial score (nSPS) is 13.0. The third kappa shape index (κ3) is 7.91. The van der Waals surface area contributed by atoms with E-state index in [1.807, 2.05) is 70.8 Å². The molecule has 1 atom stereocenters. The summed E-state index contributed by atoms with van der Waals surface area (Å²) in [5.41, 5.74) is 7.78. The number of halogens is 1. The first-order valence-corrected chi connectivity index (χ1v) is 13.0. The minimum absolute atomic E-state index is 0.135. The molecule has 0 radical (unpaired) electrons. The number of aliphatic imine (C=N–C) groups is 1. The first kappa shape index (κ1) is 30.1. The average molecular weight is 525 g/mol. The van der Waals surface area contributed by atoms with Crippen LogP contribution in [0.1, 0.15) is 51.3 Å². The lowest BCUT2D eigenvalue weighted by Crippen LogP contribution is -2.24. The van der Waals surface area contributed by atoms with E-state index in [0.717, 1.165) is 16.8 Å². The van der Waals surface area contributed by atoms with E-state index in [0.29, 0.717) is 29.2 Å². The lowest BCUT2D eigenvalue weighted by molar-refractivity contribution is -0.108. The van der Waals surface area contributed by atoms with Crippen LogP contribution in [0, 0.1) is 22.6 Å². The van der Waals surface area contributed by atoms with Gasteiger partial charge in [-0.25, -0.2) is 4.39 Å². The average Bonchev–Trinajstić information content (AvgIpc) is 2.85. The molecule has 0 saturated heterocycles. The summed E-state index contributed by atoms with van der Waals surface area (Å²) in [6.45, 7) is 14.1. The van der Waals surface area contributed by atoms with Gasteiger partial charge in [0.05, 0.1) is 28.8 Å². The number of nitrogens with two attached hydrogens (primary N) is 1. The van der Waals surface area contributed by atoms with Crippen LogP contribution in [0.15, 0.2) is 58.6 Å². The van der Waals surface area contributed by atoms with Crippen molar-refractivity contribution in [1.82, 2.24) is 0 Å². The molecule has 0 heterocycles. The summed E-state index contributed by atoms with van der Waals surface area (Å²) in [5.74, 6) is 0.423. The van der Waals surface area contributed by atoms with Gasteiger partial charge in [-0.1, -0.05) is 51.6 Å². The van der Waals surface area contributed by atoms with Crippen LogP contribution >= 0.6 is 11.8 Å². The fraction of sp³-hybridized carbons (Fsp3) is 0.414. The van der Waals surface area contributed by atoms with Gasteiger partial charge in [0, 0.05) is 36.7 Å². The van der Waals surface area contributed by atoms with E-state index < -0.39 is 17.3 Å². The molecule has 0 unspecified atom stereocenters. The van der Waals surface area contributed by atoms with E-state index in [4.69, 9.17) is 10.5 Å². The van der Waals surface area contributed by atoms with Crippen molar-refractivity contribution in [2.24, 2.45) is 16.1 Å². The van der Waals surface area contributed by atoms with E-state index >= 15 is 4.39 Å². The van der Waals surface area contributed by atoms with E-state index in [2.05, 4.69) is 17.6 Å². The molecule has 6 nitrogen and oxygen atoms in total. The maximum atomic E-state index is 15.4. The number of rotatable bonds is 10. The zero-order valence-corrected chi connectivity index (χ0v) is 23.6. The fourth-order valence-electron chi connectivity index (χ4n) is 3.29. The van der Waals surface area contributed by atoms with E-state index in [-0.39, 0.29) is 16.9 Å². The Bertz CT molecular complexity index is 1190. The molecule has 37 heavy (non-hydrogen) atoms. The number of thioether (sulfide) groups is 1. The van der Waals surface area contributed by atoms with Gasteiger partial charge in [-0.3, -0.25) is 4.99 Å². The summed E-state index contributed by atoms with van der Waals surface area (Å²) < 4.78 is 21.2. The molecule has 0 aliphatic carbocycles. The number of allylic oxidation sites excluding steroid dienone is 1. The Morgan fingerprint density at radius 3 is 2.41 bits per heavy atom. The van der Waals surface area contributed by atoms with Gasteiger partial charge in [-0.05, 0) is 37.1 Å². The highest BCUT2D eigenvalue weighted by molar-refractivity contribution is 7.99. The SMILES string of the molecule is C=C(OC(=NC)c1cc(N(C)Cc2ccc(C(C)(C)C#N)cc2)c(SC[C@H](N)C=O)cc1F)C(C)(C)C. The molecule has 0 aliphatic rings. The largest absolute Gasteiger partial charge is 0.443 e. The number of hydrogen-bond donors (Lipinski definition) is 1. The number of nitriles is 1. The molecule has 2 rings (SSSR count). The van der Waals surface area contributed by atoms with E-state index in [1.54, 1.807) is 13.1 Å². The van der Waals surface area contributed by atoms with Crippen LogP contribution in [0.3, 0.4) is 0 Å². The number of anilines is 1. The second-order valence-electron chi connectivity index (χ2n) is 10.5. The van der Waals surface area contributed by atoms with Crippen molar-refractivity contribution in [3.05, 3.63) is 71.2 Å². The first-order valence-electron chi connectivity index (χ1n) is 12.0. The number of carbonyl (C=O) groups excluding carboxylic acids is 1. The number of benzene rings is 2. The zero-order valence-electron chi connectivity index (χ0n) is 22.8. The molecule has 0 saturated carbocycles. The molecule has 8 heteroatoms. The third-order valence-corrected chi connectivity index (χ3v) is 7.12. The molecule has 198 valence electrons. The molecule has 2 aromatic rings. The van der Waals surface area contributed by atoms with Crippen molar-refractivity contribution < 1.29 is 13.9 Å². The minimum Gasteiger partial charge on any atom is -0.443 e. The van der Waals surface area contributed by atoms with Crippen molar-refractivity contribution in [1.29, 1.82) is 5.26 Å². The van der Waals surface area contributed by atoms with Crippen molar-refractivity contribution in [3.8, 4) is 6.07 Å². The van der Waals surface area contributed by atoms with E-state index in [1.165, 1.54) is 17.8 Å². The number of aldehydes is 1. The molecule has 2 N–H and O–H groups in total. The Morgan fingerprint density at radius 1 is 1.27 bits per heavy atom. The summed E-state index contributed by atoms with van der Waals surface area (Å²) in [4.78, 5) is 17.9. The summed E-state index contributed by atoms with van der Waals surface area (Å²) in [6, 6.07) is 12.7. The predicted octanol–water partition coefficient (Wildman–Crippen LogP) is 5.83. The number of ether oxygens (including phenoxy) is 1. The topological polar surface area (TPSA) is 91.7 Å². The highest BCUT2D eigenvalue weighted by Crippen LogP contribution is 2.35. The van der Waals surface area contributed by atoms with E-state index in [9.17, 15) is 10.1 Å². The predicted molar refractivity (Wildman–Crippen MR) is 150 cm³/mol. The van der Waals surface area contributed by atoms with Gasteiger partial charge in [0.15, 0.2) is 0 Å². The summed E-state index contributed by atoms with van der Waals surface area (Å²) >= 11 is 1.32. The van der Waals surface area contributed by atoms with Gasteiger partial charge < -0.3 is 20.2 Å². The quantitative estimate of drug-likeness (QED) is 0.138. The molecular formula is C29H37FN4O2S. The summed E-state index contributed by atoms with van der Waals surface area (Å²) in [5, 5.41) is 9.41. The smallest absolute Gasteiger partial charge is 0.224 e. The van der Waals surface area contributed by atoms with Crippen LogP contribution < -0.4 is 10.6 Å². The maximum Gasteiger partial charge on any atom is 0.224 e. The molecular weight excluding hydrogens is 487 g/mol. The Labute approximate surface area is 224 Å². The van der Waals surface area contributed by atoms with Crippen LogP contribution in [-0.2, 0) is 21.5 Å². The standard InChI is InChI=1S/C29H37FN4O2S/c1-19(28(2,3)4)36-27(33-7)23-13-25(26(14-24(23)30)37-17-22(32)16-35)34(8)15-20-9-11-21(12-10-20)29(5,6)18-31/h9-14,16,22H,1,15,17,32H2,2-8H3/t22-/m1/s1. The second kappa shape index (κ2) is 12.4. The molecule has 0 aromatic heterocycles. The summed E-state index contributed by atoms with van der Waals surface area (Å²) in [7, 11) is 3.45. The van der Waals surface area contributed by atoms with Gasteiger partial charge in [0.2, 0.25) is 5.90 Å². The molecule has 0 amide bonds. The van der Waals surface area contributed by atoms with Crippen LogP contribution in [0.25, 0.3) is 0 Å². The van der Waals surface area contributed by atoms with Gasteiger partial charge >= 0.3 is 0 Å².